The lowest BCUT2D eigenvalue weighted by Crippen LogP contribution is -2.18. The van der Waals surface area contributed by atoms with Gasteiger partial charge in [0.2, 0.25) is 9.84 Å². The molecular formula is C20H17N3O4S. The van der Waals surface area contributed by atoms with E-state index in [9.17, 15) is 18.5 Å². The quantitative estimate of drug-likeness (QED) is 0.303. The van der Waals surface area contributed by atoms with Gasteiger partial charge in [-0.2, -0.15) is 5.10 Å². The predicted molar refractivity (Wildman–Crippen MR) is 108 cm³/mol. The van der Waals surface area contributed by atoms with Gasteiger partial charge in [0.25, 0.3) is 5.69 Å². The van der Waals surface area contributed by atoms with Crippen molar-refractivity contribution in [3.8, 4) is 0 Å². The van der Waals surface area contributed by atoms with Gasteiger partial charge >= 0.3 is 0 Å². The Balaban J connectivity index is 2.02. The second-order valence-corrected chi connectivity index (χ2v) is 7.88. The first-order valence-electron chi connectivity index (χ1n) is 8.33. The van der Waals surface area contributed by atoms with Crippen LogP contribution in [-0.4, -0.2) is 18.4 Å². The highest BCUT2D eigenvalue weighted by Crippen LogP contribution is 2.20. The van der Waals surface area contributed by atoms with Gasteiger partial charge in [-0.25, -0.2) is 8.42 Å². The molecular weight excluding hydrogens is 378 g/mol. The molecule has 1 N–H and O–H groups in total. The van der Waals surface area contributed by atoms with Gasteiger partial charge in [0.05, 0.1) is 15.5 Å². The molecule has 0 aromatic heterocycles. The first-order chi connectivity index (χ1) is 13.4. The van der Waals surface area contributed by atoms with Crippen LogP contribution < -0.4 is 5.43 Å². The van der Waals surface area contributed by atoms with Crippen LogP contribution in [0.15, 0.2) is 88.9 Å². The highest BCUT2D eigenvalue weighted by atomic mass is 32.2. The third kappa shape index (κ3) is 4.24. The van der Waals surface area contributed by atoms with Gasteiger partial charge < -0.3 is 0 Å². The van der Waals surface area contributed by atoms with Crippen LogP contribution >= 0.6 is 0 Å². The molecule has 0 aliphatic rings. The van der Waals surface area contributed by atoms with Crippen molar-refractivity contribution in [2.75, 3.05) is 5.43 Å². The van der Waals surface area contributed by atoms with Gasteiger partial charge in [-0.1, -0.05) is 48.0 Å². The molecule has 0 fully saturated rings. The lowest BCUT2D eigenvalue weighted by atomic mass is 10.2. The summed E-state index contributed by atoms with van der Waals surface area (Å²) in [4.78, 5) is 10.4. The number of hydrogen-bond acceptors (Lipinski definition) is 6. The maximum atomic E-state index is 13.1. The highest BCUT2D eigenvalue weighted by molar-refractivity contribution is 8.07. The molecule has 0 saturated carbocycles. The van der Waals surface area contributed by atoms with Gasteiger partial charge in [0, 0.05) is 17.7 Å². The van der Waals surface area contributed by atoms with Crippen molar-refractivity contribution in [3.63, 3.8) is 0 Å². The Morgan fingerprint density at radius 1 is 0.929 bits per heavy atom. The maximum absolute atomic E-state index is 13.1. The smallest absolute Gasteiger partial charge is 0.269 e. The zero-order valence-corrected chi connectivity index (χ0v) is 15.8. The average Bonchev–Trinajstić information content (AvgIpc) is 2.70. The monoisotopic (exact) mass is 395 g/mol. The summed E-state index contributed by atoms with van der Waals surface area (Å²) < 4.78 is 26.2. The van der Waals surface area contributed by atoms with Gasteiger partial charge in [-0.15, -0.1) is 0 Å². The molecule has 0 heterocycles. The van der Waals surface area contributed by atoms with Crippen molar-refractivity contribution in [3.05, 3.63) is 100 Å². The van der Waals surface area contributed by atoms with Crippen LogP contribution in [0.1, 0.15) is 11.1 Å². The molecule has 3 aromatic rings. The Morgan fingerprint density at radius 2 is 1.54 bits per heavy atom. The van der Waals surface area contributed by atoms with E-state index in [1.54, 1.807) is 42.5 Å². The summed E-state index contributed by atoms with van der Waals surface area (Å²) in [5.41, 5.74) is 4.47. The van der Waals surface area contributed by atoms with Crippen LogP contribution in [-0.2, 0) is 9.84 Å². The van der Waals surface area contributed by atoms with E-state index in [1.807, 2.05) is 6.92 Å². The molecule has 142 valence electrons. The number of hydrazone groups is 1. The Labute approximate surface area is 162 Å². The predicted octanol–water partition coefficient (Wildman–Crippen LogP) is 4.15. The lowest BCUT2D eigenvalue weighted by Gasteiger charge is -2.10. The zero-order valence-electron chi connectivity index (χ0n) is 14.9. The second-order valence-electron chi connectivity index (χ2n) is 6.02. The minimum atomic E-state index is -3.88. The normalized spacial score (nSPS) is 11.8. The fourth-order valence-electron chi connectivity index (χ4n) is 2.46. The first-order valence-corrected chi connectivity index (χ1v) is 9.81. The van der Waals surface area contributed by atoms with Crippen LogP contribution in [0.2, 0.25) is 0 Å². The number of sulfone groups is 1. The van der Waals surface area contributed by atoms with Crippen LogP contribution in [0.25, 0.3) is 0 Å². The van der Waals surface area contributed by atoms with Gasteiger partial charge in [0.15, 0.2) is 5.04 Å². The highest BCUT2D eigenvalue weighted by Gasteiger charge is 2.24. The topological polar surface area (TPSA) is 102 Å². The van der Waals surface area contributed by atoms with E-state index in [0.717, 1.165) is 5.56 Å². The number of hydrogen-bond donors (Lipinski definition) is 1. The van der Waals surface area contributed by atoms with Crippen LogP contribution in [0.4, 0.5) is 11.4 Å². The molecule has 0 aliphatic heterocycles. The molecule has 28 heavy (non-hydrogen) atoms. The van der Waals surface area contributed by atoms with E-state index in [2.05, 4.69) is 10.5 Å². The van der Waals surface area contributed by atoms with E-state index in [4.69, 9.17) is 0 Å². The Hall–Kier alpha value is -3.52. The van der Waals surface area contributed by atoms with Crippen molar-refractivity contribution < 1.29 is 13.3 Å². The van der Waals surface area contributed by atoms with Crippen molar-refractivity contribution in [2.24, 2.45) is 5.10 Å². The molecule has 0 saturated heterocycles. The SMILES string of the molecule is Cc1ccc(/C(=N\Nc2ccc([N+](=O)[O-])cc2)S(=O)(=O)c2ccccc2)cc1. The number of nitrogens with one attached hydrogen (secondary N) is 1. The second kappa shape index (κ2) is 8.01. The van der Waals surface area contributed by atoms with Gasteiger partial charge in [-0.3, -0.25) is 15.5 Å². The van der Waals surface area contributed by atoms with Crippen LogP contribution in [0, 0.1) is 17.0 Å². The van der Waals surface area contributed by atoms with E-state index in [1.165, 1.54) is 36.4 Å². The molecule has 0 radical (unpaired) electrons. The molecule has 7 nitrogen and oxygen atoms in total. The van der Waals surface area contributed by atoms with Gasteiger partial charge in [0.1, 0.15) is 0 Å². The standard InChI is InChI=1S/C20H17N3O4S/c1-15-7-9-16(10-8-15)20(28(26,27)19-5-3-2-4-6-19)22-21-17-11-13-18(14-12-17)23(24)25/h2-14,21H,1H3/b22-20+. The number of rotatable bonds is 5. The number of anilines is 1. The molecule has 0 unspecified atom stereocenters. The summed E-state index contributed by atoms with van der Waals surface area (Å²) in [5.74, 6) is 0. The van der Waals surface area contributed by atoms with Crippen molar-refractivity contribution in [1.82, 2.24) is 0 Å². The lowest BCUT2D eigenvalue weighted by molar-refractivity contribution is -0.384. The summed E-state index contributed by atoms with van der Waals surface area (Å²) >= 11 is 0. The summed E-state index contributed by atoms with van der Waals surface area (Å²) in [7, 11) is -3.88. The molecule has 0 atom stereocenters. The average molecular weight is 395 g/mol. The van der Waals surface area contributed by atoms with Gasteiger partial charge in [-0.05, 0) is 31.2 Å². The van der Waals surface area contributed by atoms with Crippen molar-refractivity contribution in [1.29, 1.82) is 0 Å². The Morgan fingerprint density at radius 3 is 2.11 bits per heavy atom. The van der Waals surface area contributed by atoms with Crippen LogP contribution in [0.5, 0.6) is 0 Å². The minimum Gasteiger partial charge on any atom is -0.277 e. The molecule has 0 aliphatic carbocycles. The summed E-state index contributed by atoms with van der Waals surface area (Å²) in [5, 5.41) is 14.7. The fraction of sp³-hybridized carbons (Fsp3) is 0.0500. The number of non-ortho nitro benzene ring substituents is 1. The summed E-state index contributed by atoms with van der Waals surface area (Å²) in [6, 6.07) is 20.6. The number of nitrogens with zero attached hydrogens (tertiary/aromatic N) is 2. The molecule has 3 aromatic carbocycles. The minimum absolute atomic E-state index is 0.0646. The summed E-state index contributed by atoms with van der Waals surface area (Å²) in [6.07, 6.45) is 0. The third-order valence-corrected chi connectivity index (χ3v) is 5.70. The van der Waals surface area contributed by atoms with Crippen molar-refractivity contribution in [2.45, 2.75) is 11.8 Å². The number of nitro benzene ring substituents is 1. The first kappa shape index (κ1) is 19.2. The number of nitro groups is 1. The molecule has 0 bridgehead atoms. The van der Waals surface area contributed by atoms with E-state index in [-0.39, 0.29) is 15.6 Å². The van der Waals surface area contributed by atoms with E-state index in [0.29, 0.717) is 11.3 Å². The Kier molecular flexibility index (Phi) is 5.51. The molecule has 0 amide bonds. The maximum Gasteiger partial charge on any atom is 0.269 e. The number of aryl methyl sites for hydroxylation is 1. The van der Waals surface area contributed by atoms with Crippen molar-refractivity contribution >= 4 is 26.3 Å². The number of benzene rings is 3. The third-order valence-electron chi connectivity index (χ3n) is 3.97. The Bertz CT molecular complexity index is 1110. The molecule has 3 rings (SSSR count). The summed E-state index contributed by atoms with van der Waals surface area (Å²) in [6.45, 7) is 1.90. The van der Waals surface area contributed by atoms with E-state index >= 15 is 0 Å². The molecule has 8 heteroatoms. The fourth-order valence-corrected chi connectivity index (χ4v) is 3.81. The van der Waals surface area contributed by atoms with Crippen LogP contribution in [0.3, 0.4) is 0 Å². The zero-order chi connectivity index (χ0) is 20.1. The largest absolute Gasteiger partial charge is 0.277 e. The molecule has 0 spiro atoms. The van der Waals surface area contributed by atoms with E-state index < -0.39 is 14.8 Å².